The fourth-order valence-corrected chi connectivity index (χ4v) is 7.31. The number of anilines is 2. The number of aromatic nitrogens is 3. The van der Waals surface area contributed by atoms with E-state index in [1.807, 2.05) is 0 Å². The molecule has 0 bridgehead atoms. The minimum absolute atomic E-state index is 0.0230. The zero-order chi connectivity index (χ0) is 25.5. The third-order valence-electron chi connectivity index (χ3n) is 8.01. The molecule has 2 N–H and O–H groups in total. The maximum absolute atomic E-state index is 9.89. The molecule has 0 aromatic carbocycles. The normalized spacial score (nSPS) is 21.4. The molecule has 0 radical (unpaired) electrons. The molecule has 3 aromatic rings. The minimum Gasteiger partial charge on any atom is -0.486 e. The zero-order valence-corrected chi connectivity index (χ0v) is 22.3. The second kappa shape index (κ2) is 9.95. The van der Waals surface area contributed by atoms with Crippen molar-refractivity contribution in [3.05, 3.63) is 33.5 Å². The smallest absolute Gasteiger partial charge is 0.184 e. The van der Waals surface area contributed by atoms with Gasteiger partial charge >= 0.3 is 0 Å². The molecule has 194 valence electrons. The predicted molar refractivity (Wildman–Crippen MR) is 143 cm³/mol. The average Bonchev–Trinajstić information content (AvgIpc) is 3.61. The van der Waals surface area contributed by atoms with Crippen molar-refractivity contribution >= 4 is 22.2 Å². The van der Waals surface area contributed by atoms with Crippen molar-refractivity contribution in [2.75, 3.05) is 43.9 Å². The summed E-state index contributed by atoms with van der Waals surface area (Å²) in [6.45, 7) is 5.67. The molecule has 0 amide bonds. The van der Waals surface area contributed by atoms with E-state index in [0.717, 1.165) is 80.2 Å². The van der Waals surface area contributed by atoms with Crippen LogP contribution in [0.25, 0.3) is 11.5 Å². The first-order valence-electron chi connectivity index (χ1n) is 13.3. The van der Waals surface area contributed by atoms with Crippen LogP contribution in [0.3, 0.4) is 0 Å². The molecule has 3 aromatic heterocycles. The van der Waals surface area contributed by atoms with Gasteiger partial charge in [-0.2, -0.15) is 5.26 Å². The molecule has 1 fully saturated rings. The van der Waals surface area contributed by atoms with Crippen LogP contribution >= 0.6 is 11.3 Å². The molecule has 6 rings (SSSR count). The van der Waals surface area contributed by atoms with E-state index in [-0.39, 0.29) is 5.92 Å². The molecule has 5 heterocycles. The topological polar surface area (TPSA) is 117 Å². The second-order valence-electron chi connectivity index (χ2n) is 10.3. The van der Waals surface area contributed by atoms with Crippen LogP contribution < -0.4 is 15.4 Å². The van der Waals surface area contributed by atoms with Crippen LogP contribution in [0, 0.1) is 11.3 Å². The highest BCUT2D eigenvalue weighted by Crippen LogP contribution is 2.46. The first-order chi connectivity index (χ1) is 18.1. The van der Waals surface area contributed by atoms with E-state index < -0.39 is 0 Å². The van der Waals surface area contributed by atoms with Gasteiger partial charge in [0.2, 0.25) is 0 Å². The fourth-order valence-electron chi connectivity index (χ4n) is 6.13. The number of nitriles is 1. The molecule has 1 aliphatic carbocycles. The Morgan fingerprint density at radius 2 is 2.16 bits per heavy atom. The van der Waals surface area contributed by atoms with Crippen molar-refractivity contribution in [2.24, 2.45) is 0 Å². The highest BCUT2D eigenvalue weighted by atomic mass is 32.1. The lowest BCUT2D eigenvalue weighted by atomic mass is 9.81. The van der Waals surface area contributed by atoms with Gasteiger partial charge in [-0.15, -0.1) is 11.3 Å². The largest absolute Gasteiger partial charge is 0.486 e. The summed E-state index contributed by atoms with van der Waals surface area (Å²) >= 11 is 1.54. The molecule has 2 atom stereocenters. The molecule has 9 nitrogen and oxygen atoms in total. The third kappa shape index (κ3) is 4.24. The van der Waals surface area contributed by atoms with Crippen molar-refractivity contribution < 1.29 is 9.26 Å². The molecule has 2 aliphatic heterocycles. The van der Waals surface area contributed by atoms with Crippen LogP contribution in [0.4, 0.5) is 10.8 Å². The van der Waals surface area contributed by atoms with Gasteiger partial charge in [-0.3, -0.25) is 0 Å². The summed E-state index contributed by atoms with van der Waals surface area (Å²) in [6, 6.07) is 2.88. The summed E-state index contributed by atoms with van der Waals surface area (Å²) in [5, 5.41) is 15.0. The van der Waals surface area contributed by atoms with E-state index in [4.69, 9.17) is 20.0 Å². The van der Waals surface area contributed by atoms with E-state index >= 15 is 0 Å². The van der Waals surface area contributed by atoms with Gasteiger partial charge in [-0.1, -0.05) is 18.5 Å². The lowest BCUT2D eigenvalue weighted by Crippen LogP contribution is -2.42. The Bertz CT molecular complexity index is 1340. The van der Waals surface area contributed by atoms with Crippen molar-refractivity contribution in [1.82, 2.24) is 20.0 Å². The molecule has 1 saturated heterocycles. The van der Waals surface area contributed by atoms with Crippen LogP contribution in [0.2, 0.25) is 0 Å². The number of thiophene rings is 1. The van der Waals surface area contributed by atoms with E-state index in [2.05, 4.69) is 40.0 Å². The Hall–Kier alpha value is -3.16. The fraction of sp³-hybridized carbons (Fsp3) is 0.556. The van der Waals surface area contributed by atoms with Gasteiger partial charge in [0.05, 0.1) is 18.3 Å². The SMILES string of the molecule is CCCc1sc(N)c(C#N)c1C1CCCc2c(-c3ncc4c(n3)N(CC3CCCN3C)CCO4)noc21. The molecule has 0 spiro atoms. The highest BCUT2D eigenvalue weighted by molar-refractivity contribution is 7.16. The van der Waals surface area contributed by atoms with Crippen molar-refractivity contribution in [3.63, 3.8) is 0 Å². The van der Waals surface area contributed by atoms with Gasteiger partial charge in [-0.05, 0) is 57.7 Å². The predicted octanol–water partition coefficient (Wildman–Crippen LogP) is 4.36. The molecular formula is C27H33N7O2S. The number of nitrogens with two attached hydrogens (primary N) is 1. The van der Waals surface area contributed by atoms with E-state index in [1.54, 1.807) is 6.20 Å². The number of aryl methyl sites for hydroxylation is 1. The summed E-state index contributed by atoms with van der Waals surface area (Å²) < 4.78 is 11.9. The maximum Gasteiger partial charge on any atom is 0.184 e. The lowest BCUT2D eigenvalue weighted by molar-refractivity contribution is 0.278. The van der Waals surface area contributed by atoms with Gasteiger partial charge in [0.15, 0.2) is 23.1 Å². The van der Waals surface area contributed by atoms with Crippen LogP contribution in [0.5, 0.6) is 5.75 Å². The minimum atomic E-state index is -0.0230. The molecule has 0 saturated carbocycles. The summed E-state index contributed by atoms with van der Waals surface area (Å²) in [4.78, 5) is 15.6. The van der Waals surface area contributed by atoms with Crippen LogP contribution in [0.15, 0.2) is 10.7 Å². The number of fused-ring (bicyclic) bond motifs is 2. The van der Waals surface area contributed by atoms with Crippen LogP contribution in [-0.2, 0) is 12.8 Å². The number of likely N-dealkylation sites (N-methyl/N-ethyl adjacent to an activating group) is 1. The van der Waals surface area contributed by atoms with Gasteiger partial charge in [0.25, 0.3) is 0 Å². The summed E-state index contributed by atoms with van der Waals surface area (Å²) in [6.07, 6.45) is 8.85. The van der Waals surface area contributed by atoms with Crippen molar-refractivity contribution in [3.8, 4) is 23.3 Å². The van der Waals surface area contributed by atoms with Gasteiger partial charge in [0.1, 0.15) is 23.4 Å². The Morgan fingerprint density at radius 3 is 2.95 bits per heavy atom. The molecular weight excluding hydrogens is 486 g/mol. The summed E-state index contributed by atoms with van der Waals surface area (Å²) in [5.74, 6) is 2.93. The number of hydrogen-bond acceptors (Lipinski definition) is 10. The van der Waals surface area contributed by atoms with E-state index in [9.17, 15) is 5.26 Å². The Kier molecular flexibility index (Phi) is 6.51. The van der Waals surface area contributed by atoms with Gasteiger partial charge < -0.3 is 24.8 Å². The van der Waals surface area contributed by atoms with Crippen LogP contribution in [-0.4, -0.2) is 59.4 Å². The van der Waals surface area contributed by atoms with Crippen LogP contribution in [0.1, 0.15) is 72.3 Å². The second-order valence-corrected chi connectivity index (χ2v) is 11.4. The summed E-state index contributed by atoms with van der Waals surface area (Å²) in [7, 11) is 2.20. The highest BCUT2D eigenvalue weighted by Gasteiger charge is 2.35. The number of nitrogens with zero attached hydrogens (tertiary/aromatic N) is 6. The van der Waals surface area contributed by atoms with E-state index in [0.29, 0.717) is 34.7 Å². The van der Waals surface area contributed by atoms with Gasteiger partial charge in [-0.25, -0.2) is 9.97 Å². The first kappa shape index (κ1) is 24.2. The molecule has 2 unspecified atom stereocenters. The number of rotatable bonds is 6. The quantitative estimate of drug-likeness (QED) is 0.507. The van der Waals surface area contributed by atoms with E-state index in [1.165, 1.54) is 29.1 Å². The lowest BCUT2D eigenvalue weighted by Gasteiger charge is -2.33. The number of ether oxygens (including phenoxy) is 1. The molecule has 10 heteroatoms. The first-order valence-corrected chi connectivity index (χ1v) is 14.2. The Labute approximate surface area is 221 Å². The maximum atomic E-state index is 9.89. The summed E-state index contributed by atoms with van der Waals surface area (Å²) in [5.41, 5.74) is 9.63. The van der Waals surface area contributed by atoms with Crippen molar-refractivity contribution in [1.29, 1.82) is 5.26 Å². The third-order valence-corrected chi connectivity index (χ3v) is 9.10. The average molecular weight is 520 g/mol. The standard InChI is InChI=1S/C27H33N7O2S/c1-3-6-21-22(19(13-28)25(29)37-21)17-8-4-9-18-23(32-36-24(17)18)26-30-14-20-27(31-26)34(11-12-35-20)15-16-7-5-10-33(16)2/h14,16-17H,3-12,15,29H2,1-2H3. The van der Waals surface area contributed by atoms with Crippen molar-refractivity contribution in [2.45, 2.75) is 63.8 Å². The Balaban J connectivity index is 1.36. The number of likely N-dealkylation sites (tertiary alicyclic amines) is 1. The number of hydrogen-bond donors (Lipinski definition) is 1. The Morgan fingerprint density at radius 1 is 1.27 bits per heavy atom. The molecule has 3 aliphatic rings. The molecule has 37 heavy (non-hydrogen) atoms. The van der Waals surface area contributed by atoms with Gasteiger partial charge in [0, 0.05) is 28.9 Å². The number of nitrogen functional groups attached to an aromatic ring is 1. The monoisotopic (exact) mass is 519 g/mol. The zero-order valence-electron chi connectivity index (χ0n) is 21.5.